The fourth-order valence-corrected chi connectivity index (χ4v) is 3.91. The SMILES string of the molecule is CC[C@@H](C)NC(=O)[C@@H](Cc1ccccc1)N(Cc1ccc(Cl)cc1)C(=O)Cc1ccc(Cl)cc1. The maximum Gasteiger partial charge on any atom is 0.243 e. The van der Waals surface area contributed by atoms with E-state index >= 15 is 0 Å². The molecule has 2 amide bonds. The number of amides is 2. The highest BCUT2D eigenvalue weighted by atomic mass is 35.5. The molecule has 1 N–H and O–H groups in total. The number of nitrogens with one attached hydrogen (secondary N) is 1. The number of benzene rings is 3. The molecule has 0 saturated carbocycles. The summed E-state index contributed by atoms with van der Waals surface area (Å²) < 4.78 is 0. The van der Waals surface area contributed by atoms with Crippen molar-refractivity contribution in [1.82, 2.24) is 10.2 Å². The molecule has 3 aromatic rings. The molecule has 0 spiro atoms. The molecule has 3 rings (SSSR count). The average molecular weight is 497 g/mol. The average Bonchev–Trinajstić information content (AvgIpc) is 2.84. The van der Waals surface area contributed by atoms with Gasteiger partial charge in [0.25, 0.3) is 0 Å². The summed E-state index contributed by atoms with van der Waals surface area (Å²) >= 11 is 12.1. The highest BCUT2D eigenvalue weighted by Gasteiger charge is 2.31. The van der Waals surface area contributed by atoms with Gasteiger partial charge in [-0.1, -0.05) is 84.7 Å². The summed E-state index contributed by atoms with van der Waals surface area (Å²) in [5.74, 6) is -0.283. The number of hydrogen-bond donors (Lipinski definition) is 1. The summed E-state index contributed by atoms with van der Waals surface area (Å²) in [5, 5.41) is 4.32. The Kier molecular flexibility index (Phi) is 9.55. The summed E-state index contributed by atoms with van der Waals surface area (Å²) in [4.78, 5) is 28.8. The van der Waals surface area contributed by atoms with E-state index in [0.717, 1.165) is 23.1 Å². The van der Waals surface area contributed by atoms with E-state index in [1.807, 2.05) is 68.4 Å². The third-order valence-corrected chi connectivity index (χ3v) is 6.31. The van der Waals surface area contributed by atoms with Crippen LogP contribution in [0.5, 0.6) is 0 Å². The van der Waals surface area contributed by atoms with Crippen LogP contribution in [0.3, 0.4) is 0 Å². The first-order valence-corrected chi connectivity index (χ1v) is 12.2. The van der Waals surface area contributed by atoms with Crippen LogP contribution in [0.2, 0.25) is 10.0 Å². The van der Waals surface area contributed by atoms with Crippen LogP contribution < -0.4 is 5.32 Å². The molecule has 0 saturated heterocycles. The van der Waals surface area contributed by atoms with Gasteiger partial charge in [-0.3, -0.25) is 9.59 Å². The molecule has 0 aromatic heterocycles. The third-order valence-electron chi connectivity index (χ3n) is 5.81. The Morgan fingerprint density at radius 1 is 0.824 bits per heavy atom. The van der Waals surface area contributed by atoms with Gasteiger partial charge in [-0.15, -0.1) is 0 Å². The molecule has 0 fully saturated rings. The summed E-state index contributed by atoms with van der Waals surface area (Å²) in [5.41, 5.74) is 2.74. The van der Waals surface area contributed by atoms with Crippen molar-refractivity contribution >= 4 is 35.0 Å². The molecule has 34 heavy (non-hydrogen) atoms. The monoisotopic (exact) mass is 496 g/mol. The molecule has 3 aromatic carbocycles. The van der Waals surface area contributed by atoms with Gasteiger partial charge in [0.1, 0.15) is 6.04 Å². The van der Waals surface area contributed by atoms with Crippen molar-refractivity contribution < 1.29 is 9.59 Å². The third kappa shape index (κ3) is 7.61. The molecule has 6 heteroatoms. The van der Waals surface area contributed by atoms with Crippen molar-refractivity contribution in [3.8, 4) is 0 Å². The van der Waals surface area contributed by atoms with Crippen molar-refractivity contribution in [2.45, 2.75) is 51.7 Å². The zero-order chi connectivity index (χ0) is 24.5. The quantitative estimate of drug-likeness (QED) is 0.369. The largest absolute Gasteiger partial charge is 0.352 e. The van der Waals surface area contributed by atoms with Crippen LogP contribution >= 0.6 is 23.2 Å². The Balaban J connectivity index is 1.95. The smallest absolute Gasteiger partial charge is 0.243 e. The molecule has 0 heterocycles. The first-order valence-electron chi connectivity index (χ1n) is 11.5. The maximum atomic E-state index is 13.6. The van der Waals surface area contributed by atoms with E-state index in [9.17, 15) is 9.59 Å². The van der Waals surface area contributed by atoms with Crippen LogP contribution in [0.1, 0.15) is 37.0 Å². The van der Waals surface area contributed by atoms with Crippen molar-refractivity contribution in [2.24, 2.45) is 0 Å². The van der Waals surface area contributed by atoms with Gasteiger partial charge >= 0.3 is 0 Å². The summed E-state index contributed by atoms with van der Waals surface area (Å²) in [6.45, 7) is 4.29. The van der Waals surface area contributed by atoms with Gasteiger partial charge in [0.05, 0.1) is 6.42 Å². The molecule has 0 aliphatic rings. The second-order valence-electron chi connectivity index (χ2n) is 8.47. The molecule has 4 nitrogen and oxygen atoms in total. The fraction of sp³-hybridized carbons (Fsp3) is 0.286. The lowest BCUT2D eigenvalue weighted by atomic mass is 10.0. The first-order chi connectivity index (χ1) is 16.4. The van der Waals surface area contributed by atoms with E-state index in [1.165, 1.54) is 0 Å². The number of halogens is 2. The van der Waals surface area contributed by atoms with E-state index in [0.29, 0.717) is 23.0 Å². The van der Waals surface area contributed by atoms with Crippen LogP contribution in [-0.4, -0.2) is 28.8 Å². The van der Waals surface area contributed by atoms with E-state index in [1.54, 1.807) is 29.2 Å². The number of nitrogens with zero attached hydrogens (tertiary/aromatic N) is 1. The van der Waals surface area contributed by atoms with Crippen molar-refractivity contribution in [2.75, 3.05) is 0 Å². The molecular weight excluding hydrogens is 467 g/mol. The Morgan fingerprint density at radius 3 is 1.94 bits per heavy atom. The highest BCUT2D eigenvalue weighted by molar-refractivity contribution is 6.30. The van der Waals surface area contributed by atoms with E-state index in [-0.39, 0.29) is 24.3 Å². The minimum atomic E-state index is -0.660. The summed E-state index contributed by atoms with van der Waals surface area (Å²) in [6, 6.07) is 23.7. The van der Waals surface area contributed by atoms with Crippen molar-refractivity contribution in [3.63, 3.8) is 0 Å². The van der Waals surface area contributed by atoms with Gasteiger partial charge in [0.15, 0.2) is 0 Å². The van der Waals surface area contributed by atoms with Gasteiger partial charge in [-0.05, 0) is 54.3 Å². The number of rotatable bonds is 10. The molecule has 178 valence electrons. The molecule has 0 aliphatic carbocycles. The number of carbonyl (C=O) groups is 2. The van der Waals surface area contributed by atoms with Crippen molar-refractivity contribution in [3.05, 3.63) is 106 Å². The molecule has 0 radical (unpaired) electrons. The Hall–Kier alpha value is -2.82. The Labute approximate surface area is 211 Å². The van der Waals surface area contributed by atoms with Crippen LogP contribution in [0.25, 0.3) is 0 Å². The molecule has 0 aliphatic heterocycles. The van der Waals surface area contributed by atoms with Crippen LogP contribution in [0, 0.1) is 0 Å². The Morgan fingerprint density at radius 2 is 1.38 bits per heavy atom. The summed E-state index contributed by atoms with van der Waals surface area (Å²) in [7, 11) is 0. The zero-order valence-electron chi connectivity index (χ0n) is 19.5. The molecular formula is C28H30Cl2N2O2. The van der Waals surface area contributed by atoms with Crippen molar-refractivity contribution in [1.29, 1.82) is 0 Å². The van der Waals surface area contributed by atoms with E-state index < -0.39 is 6.04 Å². The highest BCUT2D eigenvalue weighted by Crippen LogP contribution is 2.19. The molecule has 2 atom stereocenters. The predicted molar refractivity (Wildman–Crippen MR) is 139 cm³/mol. The zero-order valence-corrected chi connectivity index (χ0v) is 21.0. The van der Waals surface area contributed by atoms with Gasteiger partial charge in [0.2, 0.25) is 11.8 Å². The number of carbonyl (C=O) groups excluding carboxylic acids is 2. The minimum Gasteiger partial charge on any atom is -0.352 e. The normalized spacial score (nSPS) is 12.6. The van der Waals surface area contributed by atoms with E-state index in [4.69, 9.17) is 23.2 Å². The van der Waals surface area contributed by atoms with E-state index in [2.05, 4.69) is 5.32 Å². The summed E-state index contributed by atoms with van der Waals surface area (Å²) in [6.07, 6.45) is 1.40. The Bertz CT molecular complexity index is 1070. The van der Waals surface area contributed by atoms with Crippen LogP contribution in [-0.2, 0) is 29.0 Å². The minimum absolute atomic E-state index is 0.00882. The number of hydrogen-bond acceptors (Lipinski definition) is 2. The van der Waals surface area contributed by atoms with Gasteiger partial charge in [0, 0.05) is 29.1 Å². The topological polar surface area (TPSA) is 49.4 Å². The van der Waals surface area contributed by atoms with Crippen LogP contribution in [0.15, 0.2) is 78.9 Å². The van der Waals surface area contributed by atoms with Gasteiger partial charge in [-0.25, -0.2) is 0 Å². The van der Waals surface area contributed by atoms with Gasteiger partial charge < -0.3 is 10.2 Å². The molecule has 0 bridgehead atoms. The van der Waals surface area contributed by atoms with Crippen LogP contribution in [0.4, 0.5) is 0 Å². The second-order valence-corrected chi connectivity index (χ2v) is 9.35. The predicted octanol–water partition coefficient (Wildman–Crippen LogP) is 6.09. The second kappa shape index (κ2) is 12.6. The maximum absolute atomic E-state index is 13.6. The van der Waals surface area contributed by atoms with Gasteiger partial charge in [-0.2, -0.15) is 0 Å². The molecule has 0 unspecified atom stereocenters. The fourth-order valence-electron chi connectivity index (χ4n) is 3.66. The lowest BCUT2D eigenvalue weighted by molar-refractivity contribution is -0.141. The standard InChI is InChI=1S/C28H30Cl2N2O2/c1-3-20(2)31-28(34)26(17-21-7-5-4-6-8-21)32(19-23-11-15-25(30)16-12-23)27(33)18-22-9-13-24(29)14-10-22/h4-16,20,26H,3,17-19H2,1-2H3,(H,31,34)/t20-,26-/m1/s1. The first kappa shape index (κ1) is 25.8. The lowest BCUT2D eigenvalue weighted by Gasteiger charge is -2.32. The lowest BCUT2D eigenvalue weighted by Crippen LogP contribution is -2.52.